The van der Waals surface area contributed by atoms with Crippen LogP contribution in [-0.2, 0) is 4.74 Å². The first-order valence-electron chi connectivity index (χ1n) is 5.37. The molecule has 2 rings (SSSR count). The van der Waals surface area contributed by atoms with Crippen molar-refractivity contribution in [2.24, 2.45) is 0 Å². The van der Waals surface area contributed by atoms with Gasteiger partial charge in [-0.05, 0) is 30.7 Å². The Hall–Kier alpha value is -2.70. The minimum absolute atomic E-state index is 0.0517. The van der Waals surface area contributed by atoms with Crippen LogP contribution in [0.15, 0.2) is 24.5 Å². The predicted molar refractivity (Wildman–Crippen MR) is 64.4 cm³/mol. The maximum absolute atomic E-state index is 11.2. The molecule has 0 aliphatic heterocycles. The average molecular weight is 261 g/mol. The fraction of sp³-hybridized carbons (Fsp3) is 0.167. The van der Waals surface area contributed by atoms with Gasteiger partial charge in [-0.2, -0.15) is 0 Å². The molecule has 0 saturated carbocycles. The van der Waals surface area contributed by atoms with E-state index in [0.717, 1.165) is 0 Å². The monoisotopic (exact) mass is 261 g/mol. The van der Waals surface area contributed by atoms with Crippen LogP contribution in [0.1, 0.15) is 26.5 Å². The zero-order chi connectivity index (χ0) is 14.0. The summed E-state index contributed by atoms with van der Waals surface area (Å²) in [6.07, 6.45) is 1.37. The van der Waals surface area contributed by atoms with E-state index in [9.17, 15) is 9.59 Å². The molecule has 19 heavy (non-hydrogen) atoms. The lowest BCUT2D eigenvalue weighted by Gasteiger charge is -2.05. The van der Waals surface area contributed by atoms with Crippen LogP contribution in [0.4, 0.5) is 0 Å². The Kier molecular flexibility index (Phi) is 3.28. The van der Waals surface area contributed by atoms with Gasteiger partial charge in [0.25, 0.3) is 5.82 Å². The van der Waals surface area contributed by atoms with Gasteiger partial charge in [-0.1, -0.05) is 0 Å². The first-order valence-corrected chi connectivity index (χ1v) is 5.37. The summed E-state index contributed by atoms with van der Waals surface area (Å²) in [5.41, 5.74) is 1.54. The highest BCUT2D eigenvalue weighted by atomic mass is 16.5. The third-order valence-electron chi connectivity index (χ3n) is 2.55. The van der Waals surface area contributed by atoms with E-state index in [0.29, 0.717) is 11.3 Å². The number of methoxy groups -OCH3 is 1. The summed E-state index contributed by atoms with van der Waals surface area (Å²) < 4.78 is 5.91. The van der Waals surface area contributed by atoms with Crippen LogP contribution in [0, 0.1) is 6.92 Å². The summed E-state index contributed by atoms with van der Waals surface area (Å²) >= 11 is 0. The molecule has 0 aliphatic rings. The molecule has 0 amide bonds. The molecule has 1 heterocycles. The van der Waals surface area contributed by atoms with Crippen molar-refractivity contribution in [2.75, 3.05) is 7.11 Å². The van der Waals surface area contributed by atoms with Gasteiger partial charge in [0.05, 0.1) is 18.4 Å². The summed E-state index contributed by atoms with van der Waals surface area (Å²) in [5.74, 6) is -1.67. The SMILES string of the molecule is COC(=O)c1ncn(-c2ccc(C(=O)O)cc2C)n1. The lowest BCUT2D eigenvalue weighted by Crippen LogP contribution is -2.06. The van der Waals surface area contributed by atoms with E-state index in [1.54, 1.807) is 13.0 Å². The highest BCUT2D eigenvalue weighted by molar-refractivity contribution is 5.88. The second-order valence-electron chi connectivity index (χ2n) is 3.81. The first kappa shape index (κ1) is 12.7. The quantitative estimate of drug-likeness (QED) is 0.830. The molecule has 7 nitrogen and oxygen atoms in total. The average Bonchev–Trinajstić information content (AvgIpc) is 2.87. The van der Waals surface area contributed by atoms with Crippen LogP contribution in [0.5, 0.6) is 0 Å². The third kappa shape index (κ3) is 2.44. The molecule has 1 aromatic carbocycles. The number of ether oxygens (including phenoxy) is 1. The van der Waals surface area contributed by atoms with Crippen LogP contribution >= 0.6 is 0 Å². The van der Waals surface area contributed by atoms with Gasteiger partial charge in [-0.25, -0.2) is 19.3 Å². The lowest BCUT2D eigenvalue weighted by molar-refractivity contribution is 0.0586. The Labute approximate surface area is 108 Å². The Morgan fingerprint density at radius 2 is 2.11 bits per heavy atom. The largest absolute Gasteiger partial charge is 0.478 e. The molecule has 0 fully saturated rings. The number of carboxylic acids is 1. The highest BCUT2D eigenvalue weighted by Crippen LogP contribution is 2.15. The fourth-order valence-corrected chi connectivity index (χ4v) is 1.61. The molecule has 0 saturated heterocycles. The molecular weight excluding hydrogens is 250 g/mol. The minimum atomic E-state index is -0.997. The number of esters is 1. The van der Waals surface area contributed by atoms with Crippen molar-refractivity contribution in [1.82, 2.24) is 14.8 Å². The Morgan fingerprint density at radius 1 is 1.37 bits per heavy atom. The minimum Gasteiger partial charge on any atom is -0.478 e. The standard InChI is InChI=1S/C12H11N3O4/c1-7-5-8(11(16)17)3-4-9(7)15-6-13-10(14-15)12(18)19-2/h3-6H,1-2H3,(H,16,17). The van der Waals surface area contributed by atoms with Gasteiger partial charge in [0.2, 0.25) is 0 Å². The topological polar surface area (TPSA) is 94.3 Å². The maximum Gasteiger partial charge on any atom is 0.377 e. The van der Waals surface area contributed by atoms with Crippen LogP contribution in [0.2, 0.25) is 0 Å². The van der Waals surface area contributed by atoms with E-state index in [1.807, 2.05) is 0 Å². The maximum atomic E-state index is 11.2. The zero-order valence-corrected chi connectivity index (χ0v) is 10.3. The van der Waals surface area contributed by atoms with Crippen LogP contribution in [0.3, 0.4) is 0 Å². The fourth-order valence-electron chi connectivity index (χ4n) is 1.61. The van der Waals surface area contributed by atoms with E-state index in [-0.39, 0.29) is 11.4 Å². The predicted octanol–water partition coefficient (Wildman–Crippen LogP) is 1.06. The van der Waals surface area contributed by atoms with Crippen molar-refractivity contribution in [3.63, 3.8) is 0 Å². The number of carbonyl (C=O) groups is 2. The van der Waals surface area contributed by atoms with Gasteiger partial charge in [-0.3, -0.25) is 0 Å². The third-order valence-corrected chi connectivity index (χ3v) is 2.55. The summed E-state index contributed by atoms with van der Waals surface area (Å²) in [6, 6.07) is 4.59. The number of nitrogens with zero attached hydrogens (tertiary/aromatic N) is 3. The number of aromatic carboxylic acids is 1. The molecule has 0 radical (unpaired) electrons. The van der Waals surface area contributed by atoms with Crippen molar-refractivity contribution in [2.45, 2.75) is 6.92 Å². The summed E-state index contributed by atoms with van der Waals surface area (Å²) in [5, 5.41) is 12.9. The first-order chi connectivity index (χ1) is 9.02. The summed E-state index contributed by atoms with van der Waals surface area (Å²) in [6.45, 7) is 1.75. The van der Waals surface area contributed by atoms with Gasteiger partial charge in [0, 0.05) is 0 Å². The second kappa shape index (κ2) is 4.89. The molecular formula is C12H11N3O4. The number of aromatic nitrogens is 3. The molecule has 0 bridgehead atoms. The van der Waals surface area contributed by atoms with Crippen molar-refractivity contribution in [1.29, 1.82) is 0 Å². The van der Waals surface area contributed by atoms with E-state index in [2.05, 4.69) is 14.8 Å². The van der Waals surface area contributed by atoms with E-state index in [1.165, 1.54) is 30.3 Å². The smallest absolute Gasteiger partial charge is 0.377 e. The molecule has 7 heteroatoms. The Morgan fingerprint density at radius 3 is 2.68 bits per heavy atom. The molecule has 98 valence electrons. The number of hydrogen-bond donors (Lipinski definition) is 1. The number of benzene rings is 1. The van der Waals surface area contributed by atoms with E-state index < -0.39 is 11.9 Å². The zero-order valence-electron chi connectivity index (χ0n) is 10.3. The Balaban J connectivity index is 2.39. The molecule has 0 atom stereocenters. The molecule has 1 N–H and O–H groups in total. The summed E-state index contributed by atoms with van der Waals surface area (Å²) in [4.78, 5) is 25.9. The van der Waals surface area contributed by atoms with Crippen LogP contribution < -0.4 is 0 Å². The summed E-state index contributed by atoms with van der Waals surface area (Å²) in [7, 11) is 1.25. The van der Waals surface area contributed by atoms with Gasteiger partial charge >= 0.3 is 11.9 Å². The molecule has 0 spiro atoms. The van der Waals surface area contributed by atoms with Crippen LogP contribution in [0.25, 0.3) is 5.69 Å². The van der Waals surface area contributed by atoms with Gasteiger partial charge < -0.3 is 9.84 Å². The van der Waals surface area contributed by atoms with Gasteiger partial charge in [0.15, 0.2) is 0 Å². The highest BCUT2D eigenvalue weighted by Gasteiger charge is 2.13. The Bertz CT molecular complexity index is 648. The molecule has 2 aromatic rings. The molecule has 1 aromatic heterocycles. The van der Waals surface area contributed by atoms with Crippen molar-refractivity contribution < 1.29 is 19.4 Å². The van der Waals surface area contributed by atoms with E-state index >= 15 is 0 Å². The van der Waals surface area contributed by atoms with Gasteiger partial charge in [-0.15, -0.1) is 5.10 Å². The second-order valence-corrected chi connectivity index (χ2v) is 3.81. The molecule has 0 aliphatic carbocycles. The molecule has 0 unspecified atom stereocenters. The number of carboxylic acid groups (broad SMARTS) is 1. The van der Waals surface area contributed by atoms with Crippen LogP contribution in [-0.4, -0.2) is 38.9 Å². The van der Waals surface area contributed by atoms with Crippen molar-refractivity contribution >= 4 is 11.9 Å². The van der Waals surface area contributed by atoms with Crippen molar-refractivity contribution in [3.05, 3.63) is 41.5 Å². The van der Waals surface area contributed by atoms with Gasteiger partial charge in [0.1, 0.15) is 6.33 Å². The number of carbonyl (C=O) groups excluding carboxylic acids is 1. The van der Waals surface area contributed by atoms with Crippen molar-refractivity contribution in [3.8, 4) is 5.69 Å². The van der Waals surface area contributed by atoms with E-state index in [4.69, 9.17) is 5.11 Å². The number of rotatable bonds is 3. The normalized spacial score (nSPS) is 10.2. The number of aryl methyl sites for hydroxylation is 1. The number of hydrogen-bond acceptors (Lipinski definition) is 5. The lowest BCUT2D eigenvalue weighted by atomic mass is 10.1.